The van der Waals surface area contributed by atoms with Gasteiger partial charge in [-0.05, 0) is 18.2 Å². The summed E-state index contributed by atoms with van der Waals surface area (Å²) in [5.74, 6) is 0.270. The number of ether oxygens (including phenoxy) is 1. The Morgan fingerprint density at radius 1 is 1.08 bits per heavy atom. The molecule has 1 aromatic carbocycles. The standard InChI is InChI=1S/C13H10N4O7/c1-24-10-5-3-8(16(20)21)6-7(10)2-4-9-11(17(22)23)12(18)15-13(19)14-9/h2-6H,1H3,(H2,14,15,18,19)/b4-2-. The lowest BCUT2D eigenvalue weighted by molar-refractivity contribution is -0.386. The number of aromatic nitrogens is 2. The highest BCUT2D eigenvalue weighted by atomic mass is 16.6. The first-order chi connectivity index (χ1) is 11.3. The third kappa shape index (κ3) is 3.35. The molecule has 0 unspecified atom stereocenters. The Morgan fingerprint density at radius 3 is 2.38 bits per heavy atom. The largest absolute Gasteiger partial charge is 0.496 e. The Labute approximate surface area is 132 Å². The third-order valence-corrected chi connectivity index (χ3v) is 2.98. The van der Waals surface area contributed by atoms with Crippen LogP contribution in [0, 0.1) is 20.2 Å². The van der Waals surface area contributed by atoms with Crippen LogP contribution in [0.15, 0.2) is 27.8 Å². The molecule has 2 rings (SSSR count). The second-order valence-corrected chi connectivity index (χ2v) is 4.44. The van der Waals surface area contributed by atoms with Gasteiger partial charge in [-0.2, -0.15) is 0 Å². The number of aromatic amines is 2. The van der Waals surface area contributed by atoms with Crippen LogP contribution in [0.1, 0.15) is 11.3 Å². The highest BCUT2D eigenvalue weighted by Gasteiger charge is 2.19. The number of hydrogen-bond donors (Lipinski definition) is 2. The van der Waals surface area contributed by atoms with Crippen molar-refractivity contribution in [2.75, 3.05) is 7.11 Å². The van der Waals surface area contributed by atoms with Crippen molar-refractivity contribution >= 4 is 23.5 Å². The van der Waals surface area contributed by atoms with E-state index >= 15 is 0 Å². The number of nitrogens with zero attached hydrogens (tertiary/aromatic N) is 2. The van der Waals surface area contributed by atoms with Crippen molar-refractivity contribution in [3.05, 3.63) is 70.5 Å². The van der Waals surface area contributed by atoms with Gasteiger partial charge in [-0.1, -0.05) is 0 Å². The molecule has 1 aromatic heterocycles. The molecular weight excluding hydrogens is 324 g/mol. The van der Waals surface area contributed by atoms with Crippen LogP contribution in [-0.2, 0) is 0 Å². The number of H-pyrrole nitrogens is 2. The van der Waals surface area contributed by atoms with Crippen molar-refractivity contribution in [2.45, 2.75) is 0 Å². The Kier molecular flexibility index (Phi) is 4.54. The van der Waals surface area contributed by atoms with Gasteiger partial charge in [-0.25, -0.2) is 4.79 Å². The molecule has 0 aliphatic carbocycles. The second kappa shape index (κ2) is 6.56. The van der Waals surface area contributed by atoms with Crippen molar-refractivity contribution in [1.29, 1.82) is 0 Å². The van der Waals surface area contributed by atoms with E-state index in [-0.39, 0.29) is 22.7 Å². The summed E-state index contributed by atoms with van der Waals surface area (Å²) in [4.78, 5) is 46.9. The van der Waals surface area contributed by atoms with Gasteiger partial charge in [0, 0.05) is 17.7 Å². The molecule has 1 heterocycles. The number of rotatable bonds is 5. The van der Waals surface area contributed by atoms with Crippen LogP contribution in [0.5, 0.6) is 5.75 Å². The zero-order chi connectivity index (χ0) is 17.9. The first kappa shape index (κ1) is 16.6. The molecule has 0 aliphatic heterocycles. The molecule has 124 valence electrons. The Morgan fingerprint density at radius 2 is 1.79 bits per heavy atom. The predicted octanol–water partition coefficient (Wildman–Crippen LogP) is 1.06. The maximum atomic E-state index is 11.5. The Bertz CT molecular complexity index is 958. The third-order valence-electron chi connectivity index (χ3n) is 2.98. The van der Waals surface area contributed by atoms with Crippen LogP contribution < -0.4 is 16.0 Å². The summed E-state index contributed by atoms with van der Waals surface area (Å²) in [6.07, 6.45) is 2.35. The van der Waals surface area contributed by atoms with Gasteiger partial charge in [-0.3, -0.25) is 30.0 Å². The average molecular weight is 334 g/mol. The van der Waals surface area contributed by atoms with Gasteiger partial charge in [-0.15, -0.1) is 0 Å². The molecular formula is C13H10N4O7. The van der Waals surface area contributed by atoms with Gasteiger partial charge >= 0.3 is 16.9 Å². The van der Waals surface area contributed by atoms with E-state index in [4.69, 9.17) is 4.74 Å². The van der Waals surface area contributed by atoms with E-state index in [1.807, 2.05) is 0 Å². The smallest absolute Gasteiger partial charge is 0.357 e. The molecule has 11 heteroatoms. The van der Waals surface area contributed by atoms with Crippen LogP contribution in [0.2, 0.25) is 0 Å². The maximum Gasteiger partial charge on any atom is 0.357 e. The number of methoxy groups -OCH3 is 1. The van der Waals surface area contributed by atoms with Crippen LogP contribution in [0.25, 0.3) is 12.2 Å². The van der Waals surface area contributed by atoms with E-state index < -0.39 is 26.8 Å². The van der Waals surface area contributed by atoms with Crippen molar-refractivity contribution < 1.29 is 14.6 Å². The average Bonchev–Trinajstić information content (AvgIpc) is 2.51. The van der Waals surface area contributed by atoms with Gasteiger partial charge in [0.25, 0.3) is 5.69 Å². The zero-order valence-corrected chi connectivity index (χ0v) is 12.1. The lowest BCUT2D eigenvalue weighted by atomic mass is 10.1. The summed E-state index contributed by atoms with van der Waals surface area (Å²) in [5.41, 5.74) is -3.25. The predicted molar refractivity (Wildman–Crippen MR) is 82.9 cm³/mol. The molecule has 0 fully saturated rings. The molecule has 0 saturated heterocycles. The minimum Gasteiger partial charge on any atom is -0.496 e. The lowest BCUT2D eigenvalue weighted by Crippen LogP contribution is -2.25. The fraction of sp³-hybridized carbons (Fsp3) is 0.0769. The number of hydrogen-bond acceptors (Lipinski definition) is 7. The number of nitro groups is 2. The summed E-state index contributed by atoms with van der Waals surface area (Å²) >= 11 is 0. The van der Waals surface area contributed by atoms with E-state index in [0.29, 0.717) is 0 Å². The quantitative estimate of drug-likeness (QED) is 0.610. The van der Waals surface area contributed by atoms with Crippen LogP contribution in [0.4, 0.5) is 11.4 Å². The zero-order valence-electron chi connectivity index (χ0n) is 12.1. The molecule has 0 bridgehead atoms. The summed E-state index contributed by atoms with van der Waals surface area (Å²) in [6, 6.07) is 3.77. The van der Waals surface area contributed by atoms with Crippen LogP contribution in [0.3, 0.4) is 0 Å². The van der Waals surface area contributed by atoms with Crippen molar-refractivity contribution in [2.24, 2.45) is 0 Å². The molecule has 0 amide bonds. The van der Waals surface area contributed by atoms with E-state index in [2.05, 4.69) is 4.98 Å². The number of nitro benzene ring substituents is 1. The molecule has 2 N–H and O–H groups in total. The van der Waals surface area contributed by atoms with E-state index in [9.17, 15) is 29.8 Å². The van der Waals surface area contributed by atoms with Crippen molar-refractivity contribution in [1.82, 2.24) is 9.97 Å². The number of benzene rings is 1. The second-order valence-electron chi connectivity index (χ2n) is 4.44. The summed E-state index contributed by atoms with van der Waals surface area (Å²) in [6.45, 7) is 0. The van der Waals surface area contributed by atoms with Gasteiger partial charge < -0.3 is 9.72 Å². The summed E-state index contributed by atoms with van der Waals surface area (Å²) < 4.78 is 5.05. The minimum atomic E-state index is -1.16. The van der Waals surface area contributed by atoms with Gasteiger partial charge in [0.05, 0.1) is 17.0 Å². The molecule has 0 atom stereocenters. The fourth-order valence-electron chi connectivity index (χ4n) is 1.94. The molecule has 2 aromatic rings. The summed E-state index contributed by atoms with van der Waals surface area (Å²) in [7, 11) is 1.34. The number of non-ortho nitro benzene ring substituents is 1. The molecule has 11 nitrogen and oxygen atoms in total. The van der Waals surface area contributed by atoms with E-state index in [1.54, 1.807) is 4.98 Å². The fourth-order valence-corrected chi connectivity index (χ4v) is 1.94. The van der Waals surface area contributed by atoms with E-state index in [1.165, 1.54) is 31.4 Å². The van der Waals surface area contributed by atoms with Gasteiger partial charge in [0.1, 0.15) is 11.4 Å². The van der Waals surface area contributed by atoms with Crippen molar-refractivity contribution in [3.8, 4) is 5.75 Å². The summed E-state index contributed by atoms with van der Waals surface area (Å²) in [5, 5.41) is 21.8. The number of nitrogens with one attached hydrogen (secondary N) is 2. The molecule has 0 radical (unpaired) electrons. The molecule has 24 heavy (non-hydrogen) atoms. The normalized spacial score (nSPS) is 10.7. The van der Waals surface area contributed by atoms with Gasteiger partial charge in [0.15, 0.2) is 0 Å². The molecule has 0 spiro atoms. The molecule has 0 aliphatic rings. The highest BCUT2D eigenvalue weighted by molar-refractivity contribution is 5.75. The minimum absolute atomic E-state index is 0.218. The van der Waals surface area contributed by atoms with Crippen LogP contribution in [-0.4, -0.2) is 26.9 Å². The molecule has 0 saturated carbocycles. The monoisotopic (exact) mass is 334 g/mol. The Hall–Kier alpha value is -3.76. The van der Waals surface area contributed by atoms with E-state index in [0.717, 1.165) is 6.08 Å². The van der Waals surface area contributed by atoms with Crippen molar-refractivity contribution in [3.63, 3.8) is 0 Å². The first-order valence-electron chi connectivity index (χ1n) is 6.35. The first-order valence-corrected chi connectivity index (χ1v) is 6.35. The van der Waals surface area contributed by atoms with Gasteiger partial charge in [0.2, 0.25) is 0 Å². The lowest BCUT2D eigenvalue weighted by Gasteiger charge is -2.04. The Balaban J connectivity index is 2.58. The van der Waals surface area contributed by atoms with Crippen LogP contribution >= 0.6 is 0 Å². The highest BCUT2D eigenvalue weighted by Crippen LogP contribution is 2.26. The topological polar surface area (TPSA) is 161 Å². The SMILES string of the molecule is COc1ccc([N+](=O)[O-])cc1/C=C\c1[nH]c(=O)[nH]c(=O)c1[N+](=O)[O-]. The maximum absolute atomic E-state index is 11.5.